The average molecular weight is 403 g/mol. The van der Waals surface area contributed by atoms with Gasteiger partial charge in [0.15, 0.2) is 0 Å². The van der Waals surface area contributed by atoms with Gasteiger partial charge < -0.3 is 14.4 Å². The van der Waals surface area contributed by atoms with Crippen LogP contribution in [-0.2, 0) is 9.53 Å². The van der Waals surface area contributed by atoms with Crippen LogP contribution in [0.4, 0.5) is 4.39 Å². The number of halogens is 1. The van der Waals surface area contributed by atoms with Crippen molar-refractivity contribution < 1.29 is 23.5 Å². The zero-order valence-corrected chi connectivity index (χ0v) is 16.3. The first-order valence-electron chi connectivity index (χ1n) is 9.18. The van der Waals surface area contributed by atoms with Gasteiger partial charge in [0.25, 0.3) is 0 Å². The Kier molecular flexibility index (Phi) is 7.31. The smallest absolute Gasteiger partial charge is 0.339 e. The molecule has 148 valence electrons. The van der Waals surface area contributed by atoms with Gasteiger partial charge in [0, 0.05) is 18.0 Å². The Morgan fingerprint density at radius 2 is 1.71 bits per heavy atom. The van der Waals surface area contributed by atoms with Crippen LogP contribution in [-0.4, -0.2) is 48.8 Å². The Morgan fingerprint density at radius 1 is 1.00 bits per heavy atom. The zero-order valence-electron chi connectivity index (χ0n) is 15.4. The van der Waals surface area contributed by atoms with Crippen LogP contribution < -0.4 is 4.74 Å². The molecule has 1 aliphatic heterocycles. The number of carbonyl (C=O) groups is 2. The number of nitrogens with zero attached hydrogens (tertiary/aromatic N) is 1. The molecule has 5 nitrogen and oxygen atoms in total. The number of carbonyl (C=O) groups excluding carboxylic acids is 2. The molecule has 0 radical (unpaired) electrons. The largest absolute Gasteiger partial charge is 0.490 e. The summed E-state index contributed by atoms with van der Waals surface area (Å²) in [6, 6.07) is 12.7. The average Bonchev–Trinajstić information content (AvgIpc) is 3.26. The summed E-state index contributed by atoms with van der Waals surface area (Å²) in [5.41, 5.74) is 0.434. The maximum absolute atomic E-state index is 12.9. The van der Waals surface area contributed by atoms with Crippen molar-refractivity contribution in [3.63, 3.8) is 0 Å². The molecule has 0 aliphatic carbocycles. The van der Waals surface area contributed by atoms with E-state index in [4.69, 9.17) is 9.47 Å². The van der Waals surface area contributed by atoms with E-state index in [0.29, 0.717) is 17.1 Å². The molecule has 1 amide bonds. The van der Waals surface area contributed by atoms with E-state index >= 15 is 0 Å². The van der Waals surface area contributed by atoms with Crippen molar-refractivity contribution in [2.75, 3.05) is 32.1 Å². The Labute approximate surface area is 167 Å². The number of benzene rings is 2. The maximum atomic E-state index is 12.9. The predicted octanol–water partition coefficient (Wildman–Crippen LogP) is 3.78. The van der Waals surface area contributed by atoms with Gasteiger partial charge in [-0.25, -0.2) is 9.18 Å². The molecule has 7 heteroatoms. The molecule has 2 aromatic carbocycles. The topological polar surface area (TPSA) is 55.8 Å². The van der Waals surface area contributed by atoms with Crippen LogP contribution in [0.1, 0.15) is 23.2 Å². The number of ether oxygens (including phenoxy) is 2. The first-order valence-corrected chi connectivity index (χ1v) is 10.2. The number of esters is 1. The molecule has 0 atom stereocenters. The quantitative estimate of drug-likeness (QED) is 0.381. The number of hydrogen-bond acceptors (Lipinski definition) is 5. The van der Waals surface area contributed by atoms with Gasteiger partial charge in [0.05, 0.1) is 11.3 Å². The molecule has 0 aromatic heterocycles. The van der Waals surface area contributed by atoms with Gasteiger partial charge in [-0.05, 0) is 49.2 Å². The van der Waals surface area contributed by atoms with E-state index in [0.717, 1.165) is 30.8 Å². The van der Waals surface area contributed by atoms with Crippen LogP contribution in [0, 0.1) is 5.82 Å². The van der Waals surface area contributed by atoms with Gasteiger partial charge in [-0.15, -0.1) is 11.8 Å². The van der Waals surface area contributed by atoms with Crippen LogP contribution in [0.25, 0.3) is 0 Å². The minimum absolute atomic E-state index is 0.0713. The highest BCUT2D eigenvalue weighted by molar-refractivity contribution is 8.00. The molecule has 1 fully saturated rings. The van der Waals surface area contributed by atoms with E-state index in [9.17, 15) is 14.0 Å². The molecule has 0 spiro atoms. The molecule has 0 unspecified atom stereocenters. The van der Waals surface area contributed by atoms with Gasteiger partial charge in [-0.3, -0.25) is 4.79 Å². The third kappa shape index (κ3) is 5.73. The molecule has 1 saturated heterocycles. The van der Waals surface area contributed by atoms with Crippen LogP contribution in [0.5, 0.6) is 5.75 Å². The van der Waals surface area contributed by atoms with E-state index in [1.165, 1.54) is 36.0 Å². The molecule has 28 heavy (non-hydrogen) atoms. The second-order valence-corrected chi connectivity index (χ2v) is 7.33. The lowest BCUT2D eigenvalue weighted by molar-refractivity contribution is -0.127. The van der Waals surface area contributed by atoms with Crippen LogP contribution in [0.3, 0.4) is 0 Å². The molecular weight excluding hydrogens is 381 g/mol. The fraction of sp³-hybridized carbons (Fsp3) is 0.333. The van der Waals surface area contributed by atoms with E-state index in [-0.39, 0.29) is 24.9 Å². The molecule has 2 aromatic rings. The summed E-state index contributed by atoms with van der Waals surface area (Å²) in [6.07, 6.45) is 2.11. The molecule has 0 bridgehead atoms. The Morgan fingerprint density at radius 3 is 2.46 bits per heavy atom. The number of amides is 1. The standard InChI is InChI=1S/C21H22FNO4S/c22-16-7-9-17(10-8-16)26-13-14-27-21(25)18-5-1-2-6-19(18)28-15-20(24)23-11-3-4-12-23/h1-2,5-10H,3-4,11-15H2. The van der Waals surface area contributed by atoms with Crippen molar-refractivity contribution in [1.29, 1.82) is 0 Å². The van der Waals surface area contributed by atoms with E-state index in [1.54, 1.807) is 12.1 Å². The summed E-state index contributed by atoms with van der Waals surface area (Å²) < 4.78 is 23.5. The molecule has 0 saturated carbocycles. The fourth-order valence-electron chi connectivity index (χ4n) is 2.86. The van der Waals surface area contributed by atoms with E-state index in [2.05, 4.69) is 0 Å². The normalized spacial score (nSPS) is 13.4. The molecular formula is C21H22FNO4S. The summed E-state index contributed by atoms with van der Waals surface area (Å²) >= 11 is 1.35. The van der Waals surface area contributed by atoms with Crippen LogP contribution >= 0.6 is 11.8 Å². The van der Waals surface area contributed by atoms with Crippen LogP contribution in [0.2, 0.25) is 0 Å². The highest BCUT2D eigenvalue weighted by atomic mass is 32.2. The number of likely N-dealkylation sites (tertiary alicyclic amines) is 1. The third-order valence-corrected chi connectivity index (χ3v) is 5.37. The van der Waals surface area contributed by atoms with Crippen molar-refractivity contribution >= 4 is 23.6 Å². The van der Waals surface area contributed by atoms with Crippen LogP contribution in [0.15, 0.2) is 53.4 Å². The lowest BCUT2D eigenvalue weighted by Crippen LogP contribution is -2.29. The van der Waals surface area contributed by atoms with E-state index in [1.807, 2.05) is 17.0 Å². The fourth-order valence-corrected chi connectivity index (χ4v) is 3.80. The maximum Gasteiger partial charge on any atom is 0.339 e. The minimum atomic E-state index is -0.459. The van der Waals surface area contributed by atoms with E-state index < -0.39 is 5.97 Å². The first kappa shape index (κ1) is 20.2. The van der Waals surface area contributed by atoms with Crippen molar-refractivity contribution in [1.82, 2.24) is 4.90 Å². The predicted molar refractivity (Wildman–Crippen MR) is 105 cm³/mol. The summed E-state index contributed by atoms with van der Waals surface area (Å²) in [5.74, 6) is 0.112. The van der Waals surface area contributed by atoms with Crippen molar-refractivity contribution in [3.8, 4) is 5.75 Å². The summed E-state index contributed by atoms with van der Waals surface area (Å²) in [6.45, 7) is 1.87. The summed E-state index contributed by atoms with van der Waals surface area (Å²) in [5, 5.41) is 0. The van der Waals surface area contributed by atoms with Crippen molar-refractivity contribution in [2.24, 2.45) is 0 Å². The van der Waals surface area contributed by atoms with Gasteiger partial charge >= 0.3 is 5.97 Å². The number of thioether (sulfide) groups is 1. The molecule has 0 N–H and O–H groups in total. The minimum Gasteiger partial charge on any atom is -0.490 e. The summed E-state index contributed by atoms with van der Waals surface area (Å²) in [7, 11) is 0. The first-order chi connectivity index (χ1) is 13.6. The monoisotopic (exact) mass is 403 g/mol. The lowest BCUT2D eigenvalue weighted by atomic mass is 10.2. The second kappa shape index (κ2) is 10.1. The van der Waals surface area contributed by atoms with Gasteiger partial charge in [-0.2, -0.15) is 0 Å². The molecule has 1 aliphatic rings. The Hall–Kier alpha value is -2.54. The number of hydrogen-bond donors (Lipinski definition) is 0. The van der Waals surface area contributed by atoms with Crippen molar-refractivity contribution in [3.05, 3.63) is 59.9 Å². The zero-order chi connectivity index (χ0) is 19.8. The number of rotatable bonds is 8. The lowest BCUT2D eigenvalue weighted by Gasteiger charge is -2.15. The summed E-state index contributed by atoms with van der Waals surface area (Å²) in [4.78, 5) is 27.2. The SMILES string of the molecule is O=C(OCCOc1ccc(F)cc1)c1ccccc1SCC(=O)N1CCCC1. The van der Waals surface area contributed by atoms with Gasteiger partial charge in [0.1, 0.15) is 24.8 Å². The Bertz CT molecular complexity index is 806. The second-order valence-electron chi connectivity index (χ2n) is 6.31. The highest BCUT2D eigenvalue weighted by Gasteiger charge is 2.19. The third-order valence-electron chi connectivity index (χ3n) is 4.32. The van der Waals surface area contributed by atoms with Crippen molar-refractivity contribution in [2.45, 2.75) is 17.7 Å². The molecule has 3 rings (SSSR count). The van der Waals surface area contributed by atoms with Gasteiger partial charge in [0.2, 0.25) is 5.91 Å². The molecule has 1 heterocycles. The highest BCUT2D eigenvalue weighted by Crippen LogP contribution is 2.24. The Balaban J connectivity index is 1.47. The van der Waals surface area contributed by atoms with Gasteiger partial charge in [-0.1, -0.05) is 12.1 Å².